The van der Waals surface area contributed by atoms with Crippen LogP contribution >= 0.6 is 7.92 Å². The number of hydrogen-bond donors (Lipinski definition) is 2. The van der Waals surface area contributed by atoms with Crippen LogP contribution in [0.2, 0.25) is 0 Å². The van der Waals surface area contributed by atoms with E-state index in [-0.39, 0.29) is 6.04 Å². The van der Waals surface area contributed by atoms with Gasteiger partial charge in [-0.05, 0) is 43.2 Å². The summed E-state index contributed by atoms with van der Waals surface area (Å²) in [7, 11) is 2.63. The molecule has 0 aliphatic rings. The highest BCUT2D eigenvalue weighted by Crippen LogP contribution is 2.35. The Balaban J connectivity index is 1.84. The Morgan fingerprint density at radius 3 is 1.93 bits per heavy atom. The highest BCUT2D eigenvalue weighted by molar-refractivity contribution is 7.72. The third kappa shape index (κ3) is 5.57. The average Bonchev–Trinajstić information content (AvgIpc) is 2.79. The quantitative estimate of drug-likeness (QED) is 0.528. The van der Waals surface area contributed by atoms with E-state index in [1.54, 1.807) is 14.2 Å². The smallest absolute Gasteiger partial charge is 0.123 e. The Kier molecular flexibility index (Phi) is 7.65. The third-order valence-electron chi connectivity index (χ3n) is 4.90. The molecule has 0 saturated heterocycles. The molecule has 152 valence electrons. The zero-order chi connectivity index (χ0) is 20.6. The van der Waals surface area contributed by atoms with E-state index in [9.17, 15) is 5.11 Å². The van der Waals surface area contributed by atoms with E-state index in [2.05, 4.69) is 41.7 Å². The molecule has 0 aliphatic carbocycles. The molecule has 0 unspecified atom stereocenters. The van der Waals surface area contributed by atoms with Crippen molar-refractivity contribution in [1.82, 2.24) is 5.32 Å². The maximum absolute atomic E-state index is 10.7. The van der Waals surface area contributed by atoms with E-state index >= 15 is 0 Å². The van der Waals surface area contributed by atoms with Gasteiger partial charge in [-0.2, -0.15) is 0 Å². The van der Waals surface area contributed by atoms with E-state index in [0.29, 0.717) is 0 Å². The summed E-state index contributed by atoms with van der Waals surface area (Å²) >= 11 is 0. The lowest BCUT2D eigenvalue weighted by atomic mass is 10.0. The normalized spacial score (nSPS) is 14.1. The van der Waals surface area contributed by atoms with Crippen molar-refractivity contribution in [3.05, 3.63) is 84.4 Å². The molecule has 29 heavy (non-hydrogen) atoms. The van der Waals surface area contributed by atoms with Gasteiger partial charge in [0.15, 0.2) is 0 Å². The molecule has 4 nitrogen and oxygen atoms in total. The van der Waals surface area contributed by atoms with Crippen LogP contribution in [0.15, 0.2) is 78.9 Å². The van der Waals surface area contributed by atoms with Crippen molar-refractivity contribution in [2.45, 2.75) is 19.1 Å². The van der Waals surface area contributed by atoms with Crippen LogP contribution in [0.5, 0.6) is 11.5 Å². The SMILES string of the molecule is COc1cc(OC)cc([P@@](CN[C@@H](C)[C@H](O)c2ccccc2)c2ccccc2)c1. The van der Waals surface area contributed by atoms with Gasteiger partial charge in [0, 0.05) is 18.4 Å². The van der Waals surface area contributed by atoms with Crippen LogP contribution in [0.4, 0.5) is 0 Å². The van der Waals surface area contributed by atoms with Gasteiger partial charge in [0.05, 0.1) is 20.3 Å². The molecule has 3 atom stereocenters. The highest BCUT2D eigenvalue weighted by atomic mass is 31.1. The largest absolute Gasteiger partial charge is 0.497 e. The molecule has 0 amide bonds. The molecular weight excluding hydrogens is 381 g/mol. The first-order valence-corrected chi connectivity index (χ1v) is 11.2. The summed E-state index contributed by atoms with van der Waals surface area (Å²) in [5, 5.41) is 16.7. The fraction of sp³-hybridized carbons (Fsp3) is 0.250. The summed E-state index contributed by atoms with van der Waals surface area (Å²) in [6, 6.07) is 26.2. The van der Waals surface area contributed by atoms with Gasteiger partial charge in [-0.15, -0.1) is 0 Å². The summed E-state index contributed by atoms with van der Waals surface area (Å²) in [5.41, 5.74) is 0.916. The Morgan fingerprint density at radius 2 is 1.38 bits per heavy atom. The van der Waals surface area contributed by atoms with Gasteiger partial charge in [-0.3, -0.25) is 0 Å². The Hall–Kier alpha value is -2.39. The molecule has 2 N–H and O–H groups in total. The number of hydrogen-bond acceptors (Lipinski definition) is 4. The molecule has 0 spiro atoms. The summed E-state index contributed by atoms with van der Waals surface area (Å²) in [6.07, 6.45) is 0.171. The minimum absolute atomic E-state index is 0.0846. The van der Waals surface area contributed by atoms with Gasteiger partial charge in [-0.1, -0.05) is 60.7 Å². The molecule has 0 radical (unpaired) electrons. The Bertz CT molecular complexity index is 867. The molecule has 3 aromatic carbocycles. The van der Waals surface area contributed by atoms with Gasteiger partial charge in [0.25, 0.3) is 0 Å². The minimum atomic E-state index is -0.703. The number of methoxy groups -OCH3 is 2. The zero-order valence-corrected chi connectivity index (χ0v) is 18.0. The third-order valence-corrected chi connectivity index (χ3v) is 7.20. The average molecular weight is 409 g/mol. The summed E-state index contributed by atoms with van der Waals surface area (Å²) in [6.45, 7) is 2.02. The molecule has 5 heteroatoms. The lowest BCUT2D eigenvalue weighted by Gasteiger charge is -2.25. The van der Waals surface area contributed by atoms with Gasteiger partial charge in [0.1, 0.15) is 11.5 Å². The number of aliphatic hydroxyl groups excluding tert-OH is 1. The van der Waals surface area contributed by atoms with Crippen molar-refractivity contribution in [3.8, 4) is 11.5 Å². The highest BCUT2D eigenvalue weighted by Gasteiger charge is 2.20. The molecular formula is C24H28NO3P. The molecule has 0 heterocycles. The summed E-state index contributed by atoms with van der Waals surface area (Å²) in [4.78, 5) is 0. The van der Waals surface area contributed by atoms with E-state index < -0.39 is 14.0 Å². The standard InChI is InChI=1S/C24H28NO3P/c1-18(24(26)19-10-6-4-7-11-19)25-17-29(22-12-8-5-9-13-22)23-15-20(27-2)14-21(16-23)28-3/h4-16,18,24-26H,17H2,1-3H3/t18-,24-,29-/m0/s1. The van der Waals surface area contributed by atoms with Crippen molar-refractivity contribution in [1.29, 1.82) is 0 Å². The number of benzene rings is 3. The maximum atomic E-state index is 10.7. The summed E-state index contributed by atoms with van der Waals surface area (Å²) in [5.74, 6) is 1.56. The van der Waals surface area contributed by atoms with Crippen LogP contribution < -0.4 is 25.4 Å². The van der Waals surface area contributed by atoms with Crippen molar-refractivity contribution < 1.29 is 14.6 Å². The molecule has 0 fully saturated rings. The van der Waals surface area contributed by atoms with Crippen LogP contribution in [0.3, 0.4) is 0 Å². The van der Waals surface area contributed by atoms with E-state index in [0.717, 1.165) is 28.7 Å². The van der Waals surface area contributed by atoms with E-state index in [1.165, 1.54) is 5.30 Å². The second-order valence-electron chi connectivity index (χ2n) is 6.84. The van der Waals surface area contributed by atoms with E-state index in [1.807, 2.05) is 49.4 Å². The number of aliphatic hydroxyl groups is 1. The first-order valence-electron chi connectivity index (χ1n) is 9.64. The van der Waals surface area contributed by atoms with Crippen molar-refractivity contribution in [3.63, 3.8) is 0 Å². The number of nitrogens with one attached hydrogen (secondary N) is 1. The minimum Gasteiger partial charge on any atom is -0.497 e. The fourth-order valence-electron chi connectivity index (χ4n) is 3.17. The van der Waals surface area contributed by atoms with Gasteiger partial charge < -0.3 is 19.9 Å². The van der Waals surface area contributed by atoms with Crippen LogP contribution in [0, 0.1) is 0 Å². The van der Waals surface area contributed by atoms with Crippen LogP contribution in [-0.4, -0.2) is 31.7 Å². The van der Waals surface area contributed by atoms with Crippen molar-refractivity contribution >= 4 is 18.5 Å². The van der Waals surface area contributed by atoms with Crippen molar-refractivity contribution in [2.24, 2.45) is 0 Å². The van der Waals surface area contributed by atoms with Gasteiger partial charge >= 0.3 is 0 Å². The van der Waals surface area contributed by atoms with Crippen LogP contribution in [-0.2, 0) is 0 Å². The second kappa shape index (κ2) is 10.4. The lowest BCUT2D eigenvalue weighted by Crippen LogP contribution is -2.34. The molecule has 3 aromatic rings. The molecule has 0 aromatic heterocycles. The Labute approximate surface area is 174 Å². The van der Waals surface area contributed by atoms with Gasteiger partial charge in [-0.25, -0.2) is 0 Å². The second-order valence-corrected chi connectivity index (χ2v) is 9.05. The number of ether oxygens (including phenoxy) is 2. The molecule has 3 rings (SSSR count). The lowest BCUT2D eigenvalue weighted by molar-refractivity contribution is 0.139. The fourth-order valence-corrected chi connectivity index (χ4v) is 5.41. The Morgan fingerprint density at radius 1 is 0.828 bits per heavy atom. The van der Waals surface area contributed by atoms with Gasteiger partial charge in [0.2, 0.25) is 0 Å². The van der Waals surface area contributed by atoms with Crippen LogP contribution in [0.25, 0.3) is 0 Å². The zero-order valence-electron chi connectivity index (χ0n) is 17.1. The molecule has 0 saturated carbocycles. The maximum Gasteiger partial charge on any atom is 0.123 e. The summed E-state index contributed by atoms with van der Waals surface area (Å²) < 4.78 is 11.0. The predicted octanol–water partition coefficient (Wildman–Crippen LogP) is 3.81. The molecule has 0 bridgehead atoms. The molecule has 0 aliphatic heterocycles. The van der Waals surface area contributed by atoms with E-state index in [4.69, 9.17) is 9.47 Å². The predicted molar refractivity (Wildman–Crippen MR) is 121 cm³/mol. The van der Waals surface area contributed by atoms with Crippen LogP contribution in [0.1, 0.15) is 18.6 Å². The first-order chi connectivity index (χ1) is 14.1. The monoisotopic (exact) mass is 409 g/mol. The topological polar surface area (TPSA) is 50.7 Å². The number of rotatable bonds is 9. The van der Waals surface area contributed by atoms with Crippen molar-refractivity contribution in [2.75, 3.05) is 20.5 Å². The first kappa shape index (κ1) is 21.3.